The lowest BCUT2D eigenvalue weighted by Gasteiger charge is -2.33. The van der Waals surface area contributed by atoms with Gasteiger partial charge in [-0.25, -0.2) is 0 Å². The van der Waals surface area contributed by atoms with Gasteiger partial charge in [-0.1, -0.05) is 40.9 Å². The number of phenols is 1. The van der Waals surface area contributed by atoms with Crippen LogP contribution in [0.5, 0.6) is 5.75 Å². The molecule has 1 aromatic heterocycles. The summed E-state index contributed by atoms with van der Waals surface area (Å²) >= 11 is 12.6. The molecule has 2 aliphatic heterocycles. The van der Waals surface area contributed by atoms with E-state index in [1.54, 1.807) is 12.1 Å². The van der Waals surface area contributed by atoms with E-state index in [2.05, 4.69) is 50.9 Å². The molecule has 1 unspecified atom stereocenters. The lowest BCUT2D eigenvalue weighted by molar-refractivity contribution is 0.449. The van der Waals surface area contributed by atoms with Gasteiger partial charge in [0.05, 0.1) is 10.0 Å². The minimum Gasteiger partial charge on any atom is -0.508 e. The zero-order chi connectivity index (χ0) is 20.8. The van der Waals surface area contributed by atoms with E-state index in [9.17, 15) is 5.11 Å². The standard InChI is InChI=1S/C23H24Cl2N4O/c1-14-2-4-17(5-3-14)28-10-8-15(9-11-28)23-27-26-20-12-16(13-29(20)23)21-19(30)7-6-18(24)22(21)25/h2-7,15-16,30H,8-13H2,1H3. The van der Waals surface area contributed by atoms with Crippen LogP contribution in [-0.4, -0.2) is 33.0 Å². The lowest BCUT2D eigenvalue weighted by Crippen LogP contribution is -2.33. The van der Waals surface area contributed by atoms with Gasteiger partial charge in [-0.15, -0.1) is 10.2 Å². The highest BCUT2D eigenvalue weighted by Gasteiger charge is 2.34. The molecule has 2 aromatic carbocycles. The second-order valence-corrected chi connectivity index (χ2v) is 9.16. The number of aromatic hydroxyl groups is 1. The van der Waals surface area contributed by atoms with Crippen molar-refractivity contribution in [2.24, 2.45) is 0 Å². The highest BCUT2D eigenvalue weighted by atomic mass is 35.5. The molecule has 7 heteroatoms. The van der Waals surface area contributed by atoms with Crippen molar-refractivity contribution in [2.75, 3.05) is 18.0 Å². The Hall–Kier alpha value is -2.24. The molecule has 0 radical (unpaired) electrons. The number of phenolic OH excluding ortho intramolecular Hbond substituents is 1. The molecule has 3 heterocycles. The van der Waals surface area contributed by atoms with Crippen LogP contribution >= 0.6 is 23.2 Å². The quantitative estimate of drug-likeness (QED) is 0.595. The van der Waals surface area contributed by atoms with Gasteiger partial charge < -0.3 is 14.6 Å². The van der Waals surface area contributed by atoms with Gasteiger partial charge >= 0.3 is 0 Å². The summed E-state index contributed by atoms with van der Waals surface area (Å²) in [6.45, 7) is 4.87. The lowest BCUT2D eigenvalue weighted by atomic mass is 9.95. The molecule has 0 aliphatic carbocycles. The number of halogens is 2. The van der Waals surface area contributed by atoms with Crippen LogP contribution in [0.1, 0.15) is 47.5 Å². The summed E-state index contributed by atoms with van der Waals surface area (Å²) in [4.78, 5) is 2.45. The number of anilines is 1. The van der Waals surface area contributed by atoms with E-state index in [0.29, 0.717) is 22.4 Å². The van der Waals surface area contributed by atoms with Gasteiger partial charge in [-0.05, 0) is 44.0 Å². The van der Waals surface area contributed by atoms with Crippen molar-refractivity contribution in [2.45, 2.75) is 44.6 Å². The fraction of sp³-hybridized carbons (Fsp3) is 0.391. The fourth-order valence-corrected chi connectivity index (χ4v) is 5.27. The van der Waals surface area contributed by atoms with Crippen molar-refractivity contribution in [3.63, 3.8) is 0 Å². The van der Waals surface area contributed by atoms with Crippen molar-refractivity contribution in [1.82, 2.24) is 14.8 Å². The maximum atomic E-state index is 10.4. The van der Waals surface area contributed by atoms with E-state index in [4.69, 9.17) is 23.2 Å². The summed E-state index contributed by atoms with van der Waals surface area (Å²) in [7, 11) is 0. The van der Waals surface area contributed by atoms with Gasteiger partial charge in [0.2, 0.25) is 0 Å². The molecule has 2 aliphatic rings. The first kappa shape index (κ1) is 19.7. The summed E-state index contributed by atoms with van der Waals surface area (Å²) in [5.41, 5.74) is 3.29. The first-order chi connectivity index (χ1) is 14.5. The summed E-state index contributed by atoms with van der Waals surface area (Å²) in [5.74, 6) is 2.68. The summed E-state index contributed by atoms with van der Waals surface area (Å²) in [6, 6.07) is 12.0. The zero-order valence-corrected chi connectivity index (χ0v) is 18.4. The predicted octanol–water partition coefficient (Wildman–Crippen LogP) is 5.32. The molecule has 156 valence electrons. The molecule has 1 saturated heterocycles. The number of aromatic nitrogens is 3. The number of rotatable bonds is 3. The van der Waals surface area contributed by atoms with Crippen molar-refractivity contribution in [1.29, 1.82) is 0 Å². The Kier molecular flexibility index (Phi) is 5.11. The maximum absolute atomic E-state index is 10.4. The van der Waals surface area contributed by atoms with Crippen LogP contribution in [0, 0.1) is 6.92 Å². The van der Waals surface area contributed by atoms with E-state index in [-0.39, 0.29) is 11.7 Å². The van der Waals surface area contributed by atoms with Gasteiger partial charge in [-0.3, -0.25) is 0 Å². The van der Waals surface area contributed by atoms with E-state index >= 15 is 0 Å². The number of benzene rings is 2. The van der Waals surface area contributed by atoms with Crippen LogP contribution in [0.15, 0.2) is 36.4 Å². The Labute approximate surface area is 186 Å². The summed E-state index contributed by atoms with van der Waals surface area (Å²) in [6.07, 6.45) is 2.82. The third-order valence-corrected chi connectivity index (χ3v) is 7.28. The smallest absolute Gasteiger partial charge is 0.136 e. The number of hydrogen-bond donors (Lipinski definition) is 1. The number of aryl methyl sites for hydroxylation is 1. The molecule has 3 aromatic rings. The first-order valence-electron chi connectivity index (χ1n) is 10.4. The highest BCUT2D eigenvalue weighted by Crippen LogP contribution is 2.43. The number of nitrogens with zero attached hydrogens (tertiary/aromatic N) is 4. The summed E-state index contributed by atoms with van der Waals surface area (Å²) < 4.78 is 2.23. The maximum Gasteiger partial charge on any atom is 0.136 e. The predicted molar refractivity (Wildman–Crippen MR) is 120 cm³/mol. The van der Waals surface area contributed by atoms with Crippen LogP contribution < -0.4 is 4.90 Å². The average molecular weight is 443 g/mol. The molecule has 0 bridgehead atoms. The molecule has 1 atom stereocenters. The normalized spacial score (nSPS) is 19.3. The Morgan fingerprint density at radius 1 is 0.967 bits per heavy atom. The minimum atomic E-state index is 0.0631. The second kappa shape index (κ2) is 7.78. The van der Waals surface area contributed by atoms with Crippen LogP contribution in [0.4, 0.5) is 5.69 Å². The molecule has 1 N–H and O–H groups in total. The van der Waals surface area contributed by atoms with Crippen molar-refractivity contribution in [3.05, 3.63) is 69.2 Å². The number of fused-ring (bicyclic) bond motifs is 1. The van der Waals surface area contributed by atoms with Crippen LogP contribution in [0.25, 0.3) is 0 Å². The van der Waals surface area contributed by atoms with Crippen LogP contribution in [0.2, 0.25) is 10.0 Å². The molecule has 5 nitrogen and oxygen atoms in total. The van der Waals surface area contributed by atoms with Gasteiger partial charge in [-0.2, -0.15) is 0 Å². The average Bonchev–Trinajstić information content (AvgIpc) is 3.33. The fourth-order valence-electron chi connectivity index (χ4n) is 4.80. The monoisotopic (exact) mass is 442 g/mol. The van der Waals surface area contributed by atoms with Gasteiger partial charge in [0.25, 0.3) is 0 Å². The third kappa shape index (κ3) is 3.44. The minimum absolute atomic E-state index is 0.0631. The zero-order valence-electron chi connectivity index (χ0n) is 16.9. The largest absolute Gasteiger partial charge is 0.508 e. The first-order valence-corrected chi connectivity index (χ1v) is 11.2. The van der Waals surface area contributed by atoms with Gasteiger partial charge in [0.15, 0.2) is 0 Å². The van der Waals surface area contributed by atoms with Crippen LogP contribution in [-0.2, 0) is 13.0 Å². The van der Waals surface area contributed by atoms with Gasteiger partial charge in [0, 0.05) is 49.1 Å². The molecular weight excluding hydrogens is 419 g/mol. The van der Waals surface area contributed by atoms with Gasteiger partial charge in [0.1, 0.15) is 17.4 Å². The Morgan fingerprint density at radius 3 is 2.43 bits per heavy atom. The molecule has 0 saturated carbocycles. The SMILES string of the molecule is Cc1ccc(N2CCC(c3nnc4n3CC(c3c(O)ccc(Cl)c3Cl)C4)CC2)cc1. The van der Waals surface area contributed by atoms with Crippen LogP contribution in [0.3, 0.4) is 0 Å². The highest BCUT2D eigenvalue weighted by molar-refractivity contribution is 6.42. The Bertz CT molecular complexity index is 1070. The molecule has 0 spiro atoms. The van der Waals surface area contributed by atoms with Crippen molar-refractivity contribution < 1.29 is 5.11 Å². The second-order valence-electron chi connectivity index (χ2n) is 8.38. The van der Waals surface area contributed by atoms with E-state index < -0.39 is 0 Å². The summed E-state index contributed by atoms with van der Waals surface area (Å²) in [5, 5.41) is 20.3. The van der Waals surface area contributed by atoms with Crippen molar-refractivity contribution in [3.8, 4) is 5.75 Å². The topological polar surface area (TPSA) is 54.2 Å². The Morgan fingerprint density at radius 2 is 1.70 bits per heavy atom. The molecule has 1 fully saturated rings. The molecule has 30 heavy (non-hydrogen) atoms. The third-order valence-electron chi connectivity index (χ3n) is 6.47. The molecule has 0 amide bonds. The number of hydrogen-bond acceptors (Lipinski definition) is 4. The van der Waals surface area contributed by atoms with Crippen molar-refractivity contribution >= 4 is 28.9 Å². The molecule has 5 rings (SSSR count). The van der Waals surface area contributed by atoms with E-state index in [1.165, 1.54) is 11.3 Å². The molecular formula is C23H24Cl2N4O. The van der Waals surface area contributed by atoms with E-state index in [1.807, 2.05) is 0 Å². The number of piperidine rings is 1. The van der Waals surface area contributed by atoms with E-state index in [0.717, 1.165) is 49.7 Å². The Balaban J connectivity index is 1.31.